The molecule has 7 heteroatoms. The molecule has 2 aromatic rings. The number of ketones is 1. The molecule has 1 fully saturated rings. The van der Waals surface area contributed by atoms with Gasteiger partial charge in [0.2, 0.25) is 0 Å². The largest absolute Gasteiger partial charge is 0.368 e. The van der Waals surface area contributed by atoms with Crippen LogP contribution in [0.3, 0.4) is 0 Å². The molecule has 0 unspecified atom stereocenters. The van der Waals surface area contributed by atoms with Crippen molar-refractivity contribution >= 4 is 57.7 Å². The first-order valence-electron chi connectivity index (χ1n) is 8.31. The third kappa shape index (κ3) is 4.29. The van der Waals surface area contributed by atoms with Crippen molar-refractivity contribution in [1.82, 2.24) is 4.90 Å². The van der Waals surface area contributed by atoms with E-state index in [4.69, 9.17) is 35.4 Å². The van der Waals surface area contributed by atoms with Crippen LogP contribution < -0.4 is 10.2 Å². The maximum absolute atomic E-state index is 11.4. The van der Waals surface area contributed by atoms with E-state index in [0.29, 0.717) is 20.8 Å². The van der Waals surface area contributed by atoms with Crippen LogP contribution in [0, 0.1) is 0 Å². The number of rotatable bonds is 3. The Hall–Kier alpha value is -1.82. The first-order chi connectivity index (χ1) is 12.5. The lowest BCUT2D eigenvalue weighted by Crippen LogP contribution is -2.50. The van der Waals surface area contributed by atoms with Crippen molar-refractivity contribution in [2.75, 3.05) is 36.4 Å². The van der Waals surface area contributed by atoms with E-state index >= 15 is 0 Å². The van der Waals surface area contributed by atoms with Crippen LogP contribution in [-0.2, 0) is 0 Å². The molecule has 0 aromatic heterocycles. The zero-order valence-corrected chi connectivity index (χ0v) is 16.7. The van der Waals surface area contributed by atoms with Crippen LogP contribution in [0.15, 0.2) is 42.5 Å². The van der Waals surface area contributed by atoms with Gasteiger partial charge in [-0.05, 0) is 55.5 Å². The van der Waals surface area contributed by atoms with E-state index in [1.54, 1.807) is 13.0 Å². The van der Waals surface area contributed by atoms with Gasteiger partial charge in [0.1, 0.15) is 0 Å². The van der Waals surface area contributed by atoms with Crippen LogP contribution in [0.5, 0.6) is 0 Å². The summed E-state index contributed by atoms with van der Waals surface area (Å²) in [5.74, 6) is 0.0810. The van der Waals surface area contributed by atoms with Gasteiger partial charge in [0.05, 0.1) is 15.7 Å². The molecule has 0 radical (unpaired) electrons. The predicted molar refractivity (Wildman–Crippen MR) is 113 cm³/mol. The molecule has 4 nitrogen and oxygen atoms in total. The first kappa shape index (κ1) is 19.0. The third-order valence-electron chi connectivity index (χ3n) is 4.40. The highest BCUT2D eigenvalue weighted by atomic mass is 35.5. The second-order valence-electron chi connectivity index (χ2n) is 6.11. The fraction of sp³-hybridized carbons (Fsp3) is 0.263. The van der Waals surface area contributed by atoms with E-state index in [-0.39, 0.29) is 5.78 Å². The fourth-order valence-electron chi connectivity index (χ4n) is 2.87. The number of hydrogen-bond donors (Lipinski definition) is 1. The number of carbonyl (C=O) groups is 1. The number of piperazine rings is 1. The lowest BCUT2D eigenvalue weighted by Gasteiger charge is -2.37. The predicted octanol–water partition coefficient (Wildman–Crippen LogP) is 4.72. The summed E-state index contributed by atoms with van der Waals surface area (Å²) in [6.45, 7) is 4.89. The van der Waals surface area contributed by atoms with E-state index in [2.05, 4.69) is 15.1 Å². The van der Waals surface area contributed by atoms with E-state index in [9.17, 15) is 4.79 Å². The van der Waals surface area contributed by atoms with Crippen molar-refractivity contribution in [3.8, 4) is 0 Å². The van der Waals surface area contributed by atoms with Crippen LogP contribution in [0.25, 0.3) is 0 Å². The molecule has 2 aromatic carbocycles. The maximum Gasteiger partial charge on any atom is 0.173 e. The Morgan fingerprint density at radius 1 is 1.04 bits per heavy atom. The molecule has 0 atom stereocenters. The number of benzene rings is 2. The van der Waals surface area contributed by atoms with Gasteiger partial charge in [0.25, 0.3) is 0 Å². The lowest BCUT2D eigenvalue weighted by molar-refractivity contribution is 0.101. The van der Waals surface area contributed by atoms with Gasteiger partial charge >= 0.3 is 0 Å². The standard InChI is InChI=1S/C19H19Cl2N3OS/c1-13(25)14-5-7-15(8-6-14)23-9-11-24(12-10-23)19(26)22-17-4-2-3-16(20)18(17)21/h2-8H,9-12H2,1H3,(H,22,26). The zero-order valence-electron chi connectivity index (χ0n) is 14.3. The number of halogens is 2. The second-order valence-corrected chi connectivity index (χ2v) is 7.28. The fourth-order valence-corrected chi connectivity index (χ4v) is 3.51. The summed E-state index contributed by atoms with van der Waals surface area (Å²) >= 11 is 17.8. The van der Waals surface area contributed by atoms with Gasteiger partial charge in [-0.2, -0.15) is 0 Å². The Morgan fingerprint density at radius 3 is 2.31 bits per heavy atom. The van der Waals surface area contributed by atoms with E-state index in [1.165, 1.54) is 0 Å². The van der Waals surface area contributed by atoms with Crippen LogP contribution in [0.1, 0.15) is 17.3 Å². The molecule has 1 N–H and O–H groups in total. The summed E-state index contributed by atoms with van der Waals surface area (Å²) in [5.41, 5.74) is 2.56. The average Bonchev–Trinajstić information content (AvgIpc) is 2.65. The van der Waals surface area contributed by atoms with Crippen LogP contribution in [-0.4, -0.2) is 42.0 Å². The molecule has 0 spiro atoms. The molecule has 0 saturated carbocycles. The molecular formula is C19H19Cl2N3OS. The topological polar surface area (TPSA) is 35.6 Å². The number of hydrogen-bond acceptors (Lipinski definition) is 3. The van der Waals surface area contributed by atoms with Gasteiger partial charge < -0.3 is 15.1 Å². The van der Waals surface area contributed by atoms with Crippen molar-refractivity contribution in [3.63, 3.8) is 0 Å². The maximum atomic E-state index is 11.4. The minimum atomic E-state index is 0.0810. The van der Waals surface area contributed by atoms with Crippen LogP contribution in [0.2, 0.25) is 10.0 Å². The SMILES string of the molecule is CC(=O)c1ccc(N2CCN(C(=S)Nc3cccc(Cl)c3Cl)CC2)cc1. The number of carbonyl (C=O) groups excluding carboxylic acids is 1. The van der Waals surface area contributed by atoms with Crippen molar-refractivity contribution in [2.45, 2.75) is 6.92 Å². The van der Waals surface area contributed by atoms with Crippen molar-refractivity contribution < 1.29 is 4.79 Å². The molecule has 136 valence electrons. The molecule has 0 aliphatic carbocycles. The normalized spacial score (nSPS) is 14.3. The first-order valence-corrected chi connectivity index (χ1v) is 9.48. The second kappa shape index (κ2) is 8.25. The van der Waals surface area contributed by atoms with E-state index in [0.717, 1.165) is 37.4 Å². The molecule has 0 amide bonds. The molecule has 1 heterocycles. The van der Waals surface area contributed by atoms with Gasteiger partial charge in [-0.25, -0.2) is 0 Å². The summed E-state index contributed by atoms with van der Waals surface area (Å²) < 4.78 is 0. The number of thiocarbonyl (C=S) groups is 1. The highest BCUT2D eigenvalue weighted by molar-refractivity contribution is 7.80. The minimum Gasteiger partial charge on any atom is -0.368 e. The summed E-state index contributed by atoms with van der Waals surface area (Å²) in [5, 5.41) is 4.79. The highest BCUT2D eigenvalue weighted by Crippen LogP contribution is 2.29. The Balaban J connectivity index is 1.58. The lowest BCUT2D eigenvalue weighted by atomic mass is 10.1. The summed E-state index contributed by atoms with van der Waals surface area (Å²) in [6.07, 6.45) is 0. The van der Waals surface area contributed by atoms with Gasteiger partial charge in [0.15, 0.2) is 10.9 Å². The van der Waals surface area contributed by atoms with Gasteiger partial charge in [-0.15, -0.1) is 0 Å². The summed E-state index contributed by atoms with van der Waals surface area (Å²) in [4.78, 5) is 15.8. The number of Topliss-reactive ketones (excluding diaryl/α,β-unsaturated/α-hetero) is 1. The van der Waals surface area contributed by atoms with Crippen molar-refractivity contribution in [2.24, 2.45) is 0 Å². The van der Waals surface area contributed by atoms with Crippen LogP contribution in [0.4, 0.5) is 11.4 Å². The zero-order chi connectivity index (χ0) is 18.7. The van der Waals surface area contributed by atoms with Crippen molar-refractivity contribution in [1.29, 1.82) is 0 Å². The summed E-state index contributed by atoms with van der Waals surface area (Å²) in [6, 6.07) is 13.2. The average molecular weight is 408 g/mol. The quantitative estimate of drug-likeness (QED) is 0.588. The molecular weight excluding hydrogens is 389 g/mol. The monoisotopic (exact) mass is 407 g/mol. The Kier molecular flexibility index (Phi) is 6.01. The molecule has 0 bridgehead atoms. The number of nitrogens with zero attached hydrogens (tertiary/aromatic N) is 2. The number of anilines is 2. The Labute approximate surface area is 168 Å². The smallest absolute Gasteiger partial charge is 0.173 e. The molecule has 3 rings (SSSR count). The summed E-state index contributed by atoms with van der Waals surface area (Å²) in [7, 11) is 0. The van der Waals surface area contributed by atoms with E-state index < -0.39 is 0 Å². The minimum absolute atomic E-state index is 0.0810. The third-order valence-corrected chi connectivity index (χ3v) is 5.58. The Morgan fingerprint density at radius 2 is 1.69 bits per heavy atom. The van der Waals surface area contributed by atoms with Gasteiger partial charge in [0, 0.05) is 37.4 Å². The molecule has 1 aliphatic rings. The number of nitrogens with one attached hydrogen (secondary N) is 1. The molecule has 1 aliphatic heterocycles. The molecule has 26 heavy (non-hydrogen) atoms. The van der Waals surface area contributed by atoms with Crippen LogP contribution >= 0.6 is 35.4 Å². The molecule has 1 saturated heterocycles. The van der Waals surface area contributed by atoms with Gasteiger partial charge in [-0.3, -0.25) is 4.79 Å². The van der Waals surface area contributed by atoms with Crippen molar-refractivity contribution in [3.05, 3.63) is 58.1 Å². The van der Waals surface area contributed by atoms with E-state index in [1.807, 2.05) is 36.4 Å². The Bertz CT molecular complexity index is 818. The van der Waals surface area contributed by atoms with Gasteiger partial charge in [-0.1, -0.05) is 29.3 Å². The highest BCUT2D eigenvalue weighted by Gasteiger charge is 2.20.